The Morgan fingerprint density at radius 1 is 1.40 bits per heavy atom. The molecule has 1 aliphatic heterocycles. The van der Waals surface area contributed by atoms with E-state index in [0.29, 0.717) is 13.0 Å². The van der Waals surface area contributed by atoms with Crippen molar-refractivity contribution in [1.29, 1.82) is 0 Å². The molecule has 2 unspecified atom stereocenters. The molecule has 2 atom stereocenters. The number of hydrogen-bond donors (Lipinski definition) is 1. The van der Waals surface area contributed by atoms with Gasteiger partial charge in [-0.2, -0.15) is 5.10 Å². The van der Waals surface area contributed by atoms with E-state index in [-0.39, 0.29) is 11.8 Å². The summed E-state index contributed by atoms with van der Waals surface area (Å²) in [4.78, 5) is 26.3. The van der Waals surface area contributed by atoms with E-state index in [2.05, 4.69) is 10.4 Å². The minimum atomic E-state index is -0.794. The van der Waals surface area contributed by atoms with Crippen LogP contribution in [-0.2, 0) is 22.7 Å². The molecule has 2 heterocycles. The number of carbonyl (C=O) groups is 2. The number of nitrogens with zero attached hydrogens (tertiary/aromatic N) is 3. The van der Waals surface area contributed by atoms with Crippen LogP contribution in [0.1, 0.15) is 39.7 Å². The van der Waals surface area contributed by atoms with Crippen LogP contribution in [0.5, 0.6) is 0 Å². The van der Waals surface area contributed by atoms with E-state index < -0.39 is 11.6 Å². The molecule has 0 spiro atoms. The van der Waals surface area contributed by atoms with Gasteiger partial charge in [0.15, 0.2) is 0 Å². The maximum absolute atomic E-state index is 12.4. The molecule has 0 bridgehead atoms. The summed E-state index contributed by atoms with van der Waals surface area (Å²) in [5.41, 5.74) is 0.152. The Balaban J connectivity index is 2.28. The van der Waals surface area contributed by atoms with E-state index in [1.807, 2.05) is 31.6 Å². The second-order valence-corrected chi connectivity index (χ2v) is 5.45. The summed E-state index contributed by atoms with van der Waals surface area (Å²) in [5.74, 6) is -0.131. The van der Waals surface area contributed by atoms with Gasteiger partial charge < -0.3 is 10.2 Å². The summed E-state index contributed by atoms with van der Waals surface area (Å²) in [5, 5.41) is 6.97. The predicted molar refractivity (Wildman–Crippen MR) is 74.8 cm³/mol. The van der Waals surface area contributed by atoms with E-state index in [1.165, 1.54) is 0 Å². The van der Waals surface area contributed by atoms with E-state index >= 15 is 0 Å². The van der Waals surface area contributed by atoms with Crippen LogP contribution in [0, 0.1) is 0 Å². The zero-order chi connectivity index (χ0) is 14.9. The van der Waals surface area contributed by atoms with E-state index in [1.54, 1.807) is 18.0 Å². The zero-order valence-corrected chi connectivity index (χ0v) is 12.5. The topological polar surface area (TPSA) is 67.2 Å². The van der Waals surface area contributed by atoms with Gasteiger partial charge in [0.25, 0.3) is 0 Å². The van der Waals surface area contributed by atoms with Crippen molar-refractivity contribution >= 4 is 11.8 Å². The van der Waals surface area contributed by atoms with Crippen LogP contribution >= 0.6 is 0 Å². The first-order valence-corrected chi connectivity index (χ1v) is 7.06. The molecule has 2 rings (SSSR count). The molecule has 0 radical (unpaired) electrons. The molecule has 110 valence electrons. The number of piperazine rings is 1. The first-order chi connectivity index (χ1) is 9.42. The second-order valence-electron chi connectivity index (χ2n) is 5.45. The van der Waals surface area contributed by atoms with E-state index in [4.69, 9.17) is 0 Å². The maximum Gasteiger partial charge on any atom is 0.246 e. The van der Waals surface area contributed by atoms with Crippen LogP contribution in [0.3, 0.4) is 0 Å². The number of nitrogens with one attached hydrogen (secondary N) is 1. The Kier molecular flexibility index (Phi) is 3.83. The minimum Gasteiger partial charge on any atom is -0.343 e. The number of aromatic nitrogens is 2. The lowest BCUT2D eigenvalue weighted by Gasteiger charge is -2.45. The van der Waals surface area contributed by atoms with Crippen molar-refractivity contribution in [3.63, 3.8) is 0 Å². The Morgan fingerprint density at radius 3 is 2.65 bits per heavy atom. The van der Waals surface area contributed by atoms with Gasteiger partial charge in [-0.05, 0) is 27.2 Å². The van der Waals surface area contributed by atoms with Crippen LogP contribution in [0.25, 0.3) is 0 Å². The molecular formula is C14H22N4O2. The highest BCUT2D eigenvalue weighted by atomic mass is 16.2. The lowest BCUT2D eigenvalue weighted by Crippen LogP contribution is -2.68. The number of aryl methyl sites for hydroxylation is 1. The van der Waals surface area contributed by atoms with Crippen molar-refractivity contribution in [2.24, 2.45) is 0 Å². The minimum absolute atomic E-state index is 0.0433. The molecule has 1 aliphatic rings. The fraction of sp³-hybridized carbons (Fsp3) is 0.643. The van der Waals surface area contributed by atoms with Crippen LogP contribution in [-0.4, -0.2) is 38.1 Å². The van der Waals surface area contributed by atoms with Gasteiger partial charge in [-0.1, -0.05) is 6.92 Å². The van der Waals surface area contributed by atoms with Gasteiger partial charge in [-0.15, -0.1) is 0 Å². The Bertz CT molecular complexity index is 525. The van der Waals surface area contributed by atoms with E-state index in [0.717, 1.165) is 12.1 Å². The SMILES string of the molecule is CCn1cc(CN2C(=O)C(C)NC(=O)C2(C)CC)cn1. The first kappa shape index (κ1) is 14.6. The third-order valence-electron chi connectivity index (χ3n) is 4.11. The predicted octanol–water partition coefficient (Wildman–Crippen LogP) is 0.919. The van der Waals surface area contributed by atoms with Crippen molar-refractivity contribution in [3.8, 4) is 0 Å². The summed E-state index contributed by atoms with van der Waals surface area (Å²) in [7, 11) is 0. The van der Waals surface area contributed by atoms with Crippen LogP contribution in [0.2, 0.25) is 0 Å². The molecule has 0 aliphatic carbocycles. The van der Waals surface area contributed by atoms with Crippen molar-refractivity contribution in [2.45, 2.75) is 58.8 Å². The quantitative estimate of drug-likeness (QED) is 0.890. The zero-order valence-electron chi connectivity index (χ0n) is 12.5. The lowest BCUT2D eigenvalue weighted by molar-refractivity contribution is -0.157. The molecule has 2 amide bonds. The molecule has 1 saturated heterocycles. The normalized spacial score (nSPS) is 26.8. The Morgan fingerprint density at radius 2 is 2.10 bits per heavy atom. The molecule has 0 saturated carbocycles. The van der Waals surface area contributed by atoms with Gasteiger partial charge in [0, 0.05) is 24.8 Å². The standard InChI is InChI=1S/C14H22N4O2/c1-5-14(4)13(20)16-10(3)12(19)18(14)9-11-7-15-17(6-2)8-11/h7-8,10H,5-6,9H2,1-4H3,(H,16,20). The highest BCUT2D eigenvalue weighted by Crippen LogP contribution is 2.26. The molecule has 1 fully saturated rings. The molecule has 1 aromatic heterocycles. The third-order valence-corrected chi connectivity index (χ3v) is 4.11. The molecule has 0 aromatic carbocycles. The van der Waals surface area contributed by atoms with E-state index in [9.17, 15) is 9.59 Å². The first-order valence-electron chi connectivity index (χ1n) is 7.06. The summed E-state index contributed by atoms with van der Waals surface area (Å²) >= 11 is 0. The second kappa shape index (κ2) is 5.26. The maximum atomic E-state index is 12.4. The van der Waals surface area contributed by atoms with Gasteiger partial charge in [-0.3, -0.25) is 14.3 Å². The summed E-state index contributed by atoms with van der Waals surface area (Å²) < 4.78 is 1.82. The largest absolute Gasteiger partial charge is 0.343 e. The number of rotatable bonds is 4. The molecule has 1 N–H and O–H groups in total. The van der Waals surface area contributed by atoms with Gasteiger partial charge in [0.05, 0.1) is 6.20 Å². The van der Waals surface area contributed by atoms with Gasteiger partial charge in [0.1, 0.15) is 11.6 Å². The summed E-state index contributed by atoms with van der Waals surface area (Å²) in [6.07, 6.45) is 4.25. The Hall–Kier alpha value is -1.85. The molecule has 1 aromatic rings. The smallest absolute Gasteiger partial charge is 0.246 e. The molecular weight excluding hydrogens is 256 g/mol. The summed E-state index contributed by atoms with van der Waals surface area (Å²) in [6, 6.07) is -0.469. The fourth-order valence-electron chi connectivity index (χ4n) is 2.46. The van der Waals surface area contributed by atoms with Gasteiger partial charge in [-0.25, -0.2) is 0 Å². The average Bonchev–Trinajstić information content (AvgIpc) is 2.89. The van der Waals surface area contributed by atoms with Crippen molar-refractivity contribution < 1.29 is 9.59 Å². The molecule has 6 nitrogen and oxygen atoms in total. The number of hydrogen-bond acceptors (Lipinski definition) is 3. The Labute approximate surface area is 119 Å². The summed E-state index contributed by atoms with van der Waals surface area (Å²) in [6.45, 7) is 8.67. The number of carbonyl (C=O) groups excluding carboxylic acids is 2. The average molecular weight is 278 g/mol. The van der Waals surface area contributed by atoms with Gasteiger partial charge >= 0.3 is 0 Å². The van der Waals surface area contributed by atoms with Crippen LogP contribution in [0.15, 0.2) is 12.4 Å². The van der Waals surface area contributed by atoms with Crippen molar-refractivity contribution in [3.05, 3.63) is 18.0 Å². The molecule has 20 heavy (non-hydrogen) atoms. The van der Waals surface area contributed by atoms with Crippen molar-refractivity contribution in [1.82, 2.24) is 20.0 Å². The lowest BCUT2D eigenvalue weighted by atomic mass is 9.90. The van der Waals surface area contributed by atoms with Gasteiger partial charge in [0.2, 0.25) is 11.8 Å². The van der Waals surface area contributed by atoms with Crippen molar-refractivity contribution in [2.75, 3.05) is 0 Å². The van der Waals surface area contributed by atoms with Crippen LogP contribution in [0.4, 0.5) is 0 Å². The highest BCUT2D eigenvalue weighted by Gasteiger charge is 2.46. The molecule has 6 heteroatoms. The monoisotopic (exact) mass is 278 g/mol. The fourth-order valence-corrected chi connectivity index (χ4v) is 2.46. The number of amides is 2. The van der Waals surface area contributed by atoms with Crippen LogP contribution < -0.4 is 5.32 Å². The highest BCUT2D eigenvalue weighted by molar-refractivity contribution is 5.99. The third kappa shape index (κ3) is 2.30.